The molecule has 0 N–H and O–H groups in total. The fourth-order valence-corrected chi connectivity index (χ4v) is 7.60. The third-order valence-corrected chi connectivity index (χ3v) is 9.21. The second kappa shape index (κ2) is 10.7. The van der Waals surface area contributed by atoms with Crippen molar-refractivity contribution in [2.24, 2.45) is 11.8 Å². The van der Waals surface area contributed by atoms with E-state index in [4.69, 9.17) is 16.6 Å². The van der Waals surface area contributed by atoms with Crippen LogP contribution in [0.25, 0.3) is 0 Å². The van der Waals surface area contributed by atoms with Gasteiger partial charge in [0.15, 0.2) is 0 Å². The predicted octanol–water partition coefficient (Wildman–Crippen LogP) is 6.81. The molecule has 4 nitrogen and oxygen atoms in total. The zero-order valence-electron chi connectivity index (χ0n) is 20.5. The van der Waals surface area contributed by atoms with Crippen molar-refractivity contribution in [2.45, 2.75) is 77.0 Å². The highest BCUT2D eigenvalue weighted by molar-refractivity contribution is 9.10. The summed E-state index contributed by atoms with van der Waals surface area (Å²) in [7, 11) is 0. The Bertz CT molecular complexity index is 1130. The summed E-state index contributed by atoms with van der Waals surface area (Å²) in [4.78, 5) is 32.2. The maximum Gasteiger partial charge on any atom is 0.222 e. The van der Waals surface area contributed by atoms with E-state index in [2.05, 4.69) is 35.0 Å². The number of aryl methyl sites for hydroxylation is 3. The Morgan fingerprint density at radius 1 is 1.09 bits per heavy atom. The summed E-state index contributed by atoms with van der Waals surface area (Å²) in [6, 6.07) is 6.43. The largest absolute Gasteiger partial charge is 0.343 e. The Hall–Kier alpha value is -1.72. The van der Waals surface area contributed by atoms with E-state index in [9.17, 15) is 9.59 Å². The van der Waals surface area contributed by atoms with E-state index >= 15 is 0 Å². The van der Waals surface area contributed by atoms with E-state index in [-0.39, 0.29) is 17.7 Å². The fraction of sp³-hybridized carbons (Fsp3) is 0.552. The lowest BCUT2D eigenvalue weighted by molar-refractivity contribution is -0.133. The summed E-state index contributed by atoms with van der Waals surface area (Å²) < 4.78 is 1.07. The number of hydrogen-bond donors (Lipinski definition) is 0. The highest BCUT2D eigenvalue weighted by Gasteiger charge is 2.36. The van der Waals surface area contributed by atoms with Gasteiger partial charge in [0.1, 0.15) is 5.78 Å². The van der Waals surface area contributed by atoms with Crippen LogP contribution in [0, 0.1) is 18.8 Å². The van der Waals surface area contributed by atoms with Gasteiger partial charge in [-0.15, -0.1) is 0 Å². The molecule has 3 aliphatic rings. The number of pyridine rings is 1. The fourth-order valence-electron chi connectivity index (χ4n) is 6.48. The van der Waals surface area contributed by atoms with E-state index in [1.807, 2.05) is 17.2 Å². The average molecular weight is 558 g/mol. The molecule has 5 rings (SSSR count). The zero-order chi connectivity index (χ0) is 24.5. The Balaban J connectivity index is 1.33. The van der Waals surface area contributed by atoms with Crippen molar-refractivity contribution >= 4 is 39.2 Å². The summed E-state index contributed by atoms with van der Waals surface area (Å²) in [5, 5.41) is 0.765. The number of carbonyl (C=O) groups excluding carboxylic acids is 2. The second-order valence-electron chi connectivity index (χ2n) is 10.7. The van der Waals surface area contributed by atoms with Gasteiger partial charge in [-0.25, -0.2) is 0 Å². The number of amides is 1. The molecule has 2 fully saturated rings. The van der Waals surface area contributed by atoms with E-state index in [1.54, 1.807) is 0 Å². The molecule has 1 aromatic carbocycles. The van der Waals surface area contributed by atoms with E-state index in [1.165, 1.54) is 27.9 Å². The van der Waals surface area contributed by atoms with Crippen molar-refractivity contribution in [3.8, 4) is 0 Å². The van der Waals surface area contributed by atoms with Crippen LogP contribution in [0.2, 0.25) is 5.02 Å². The maximum atomic E-state index is 13.0. The van der Waals surface area contributed by atoms with Gasteiger partial charge in [0.25, 0.3) is 0 Å². The van der Waals surface area contributed by atoms with Crippen molar-refractivity contribution in [1.29, 1.82) is 0 Å². The molecule has 186 valence electrons. The molecule has 0 bridgehead atoms. The lowest BCUT2D eigenvalue weighted by Gasteiger charge is -2.37. The number of hydrogen-bond acceptors (Lipinski definition) is 3. The lowest BCUT2D eigenvalue weighted by Crippen LogP contribution is -2.40. The molecule has 2 atom stereocenters. The van der Waals surface area contributed by atoms with Crippen LogP contribution in [0.3, 0.4) is 0 Å². The van der Waals surface area contributed by atoms with E-state index in [0.717, 1.165) is 74.0 Å². The van der Waals surface area contributed by atoms with Crippen LogP contribution in [0.1, 0.15) is 85.2 Å². The topological polar surface area (TPSA) is 50.3 Å². The average Bonchev–Trinajstić information content (AvgIpc) is 3.00. The molecular formula is C29H34BrClN2O2. The molecule has 35 heavy (non-hydrogen) atoms. The smallest absolute Gasteiger partial charge is 0.222 e. The first kappa shape index (κ1) is 25.0. The van der Waals surface area contributed by atoms with Crippen LogP contribution in [0.5, 0.6) is 0 Å². The summed E-state index contributed by atoms with van der Waals surface area (Å²) in [5.74, 6) is 1.30. The van der Waals surface area contributed by atoms with Crippen LogP contribution < -0.4 is 0 Å². The lowest BCUT2D eigenvalue weighted by atomic mass is 9.76. The Kier molecular flexibility index (Phi) is 7.64. The maximum absolute atomic E-state index is 13.0. The molecule has 1 saturated carbocycles. The Labute approximate surface area is 222 Å². The SMILES string of the molecule is Cc1cnc2c(c1)CCc1cc(Cl)cc(Br)c1[C@H]2C1CCN(C(=O)CCC2CCCCC2=O)CC1. The van der Waals surface area contributed by atoms with Crippen LogP contribution in [0.4, 0.5) is 0 Å². The van der Waals surface area contributed by atoms with E-state index < -0.39 is 0 Å². The quantitative estimate of drug-likeness (QED) is 0.415. The highest BCUT2D eigenvalue weighted by Crippen LogP contribution is 2.46. The molecule has 2 aliphatic carbocycles. The van der Waals surface area contributed by atoms with Crippen LogP contribution in [-0.4, -0.2) is 34.7 Å². The minimum absolute atomic E-state index is 0.0999. The van der Waals surface area contributed by atoms with Crippen molar-refractivity contribution in [3.63, 3.8) is 0 Å². The molecule has 0 spiro atoms. The van der Waals surface area contributed by atoms with Crippen LogP contribution in [0.15, 0.2) is 28.9 Å². The van der Waals surface area contributed by atoms with Gasteiger partial charge in [0.05, 0.1) is 5.69 Å². The minimum atomic E-state index is 0.0999. The van der Waals surface area contributed by atoms with E-state index in [0.29, 0.717) is 24.5 Å². The predicted molar refractivity (Wildman–Crippen MR) is 143 cm³/mol. The van der Waals surface area contributed by atoms with Crippen molar-refractivity contribution in [1.82, 2.24) is 9.88 Å². The molecular weight excluding hydrogens is 524 g/mol. The summed E-state index contributed by atoms with van der Waals surface area (Å²) in [5.41, 5.74) is 6.36. The number of benzene rings is 1. The number of fused-ring (bicyclic) bond motifs is 2. The number of piperidine rings is 1. The number of aromatic nitrogens is 1. The van der Waals surface area contributed by atoms with Gasteiger partial charge in [-0.3, -0.25) is 14.6 Å². The molecule has 0 radical (unpaired) electrons. The standard InChI is InChI=1S/C29H34BrClN2O2/c1-18-14-22-7-6-21-15-23(31)16-24(30)27(21)28(29(22)32-17-18)20-10-12-33(13-11-20)26(35)9-8-19-4-2-3-5-25(19)34/h14-17,19-20,28H,2-13H2,1H3/t19?,28-/m1/s1. The molecule has 6 heteroatoms. The number of carbonyl (C=O) groups is 2. The molecule has 1 unspecified atom stereocenters. The number of halogens is 2. The van der Waals surface area contributed by atoms with Crippen molar-refractivity contribution < 1.29 is 9.59 Å². The van der Waals surface area contributed by atoms with Crippen LogP contribution in [-0.2, 0) is 22.4 Å². The molecule has 2 aromatic rings. The van der Waals surface area contributed by atoms with Gasteiger partial charge in [-0.2, -0.15) is 0 Å². The van der Waals surface area contributed by atoms with Gasteiger partial charge < -0.3 is 4.90 Å². The number of rotatable bonds is 4. The Morgan fingerprint density at radius 2 is 1.86 bits per heavy atom. The molecule has 1 aromatic heterocycles. The van der Waals surface area contributed by atoms with Gasteiger partial charge in [0, 0.05) is 53.5 Å². The third kappa shape index (κ3) is 5.36. The molecule has 1 amide bonds. The number of nitrogens with zero attached hydrogens (tertiary/aromatic N) is 2. The van der Waals surface area contributed by atoms with Gasteiger partial charge in [0.2, 0.25) is 5.91 Å². The summed E-state index contributed by atoms with van der Waals surface area (Å²) in [6.07, 6.45) is 10.9. The second-order valence-corrected chi connectivity index (χ2v) is 12.0. The zero-order valence-corrected chi connectivity index (χ0v) is 22.8. The summed E-state index contributed by atoms with van der Waals surface area (Å²) in [6.45, 7) is 3.67. The highest BCUT2D eigenvalue weighted by atomic mass is 79.9. The van der Waals surface area contributed by atoms with Gasteiger partial charge in [-0.1, -0.05) is 40.0 Å². The van der Waals surface area contributed by atoms with Crippen molar-refractivity contribution in [3.05, 3.63) is 61.8 Å². The van der Waals surface area contributed by atoms with Crippen LogP contribution >= 0.6 is 27.5 Å². The number of ketones is 1. The molecule has 1 saturated heterocycles. The first-order valence-corrected chi connectivity index (χ1v) is 14.3. The number of Topliss-reactive ketones (excluding diaryl/α,β-unsaturated/α-hetero) is 1. The molecule has 2 heterocycles. The van der Waals surface area contributed by atoms with Gasteiger partial charge in [-0.05, 0) is 92.2 Å². The first-order chi connectivity index (χ1) is 16.9. The monoisotopic (exact) mass is 556 g/mol. The Morgan fingerprint density at radius 3 is 2.63 bits per heavy atom. The minimum Gasteiger partial charge on any atom is -0.343 e. The normalized spacial score (nSPS) is 22.9. The number of likely N-dealkylation sites (tertiary alicyclic amines) is 1. The van der Waals surface area contributed by atoms with Gasteiger partial charge >= 0.3 is 0 Å². The molecule has 1 aliphatic heterocycles. The first-order valence-electron chi connectivity index (χ1n) is 13.1. The summed E-state index contributed by atoms with van der Waals surface area (Å²) >= 11 is 10.3. The van der Waals surface area contributed by atoms with Crippen molar-refractivity contribution in [2.75, 3.05) is 13.1 Å². The third-order valence-electron chi connectivity index (χ3n) is 8.34.